The standard InChI is InChI=1S/C9H7N3O3/c1-5(13)7-2-6(4-10)9(12(14)15)3-8(7)11/h2-3H,11H2,1H3. The van der Waals surface area contributed by atoms with Crippen LogP contribution < -0.4 is 5.73 Å². The van der Waals surface area contributed by atoms with Gasteiger partial charge in [0.15, 0.2) is 5.78 Å². The summed E-state index contributed by atoms with van der Waals surface area (Å²) in [5, 5.41) is 19.2. The highest BCUT2D eigenvalue weighted by Crippen LogP contribution is 2.24. The van der Waals surface area contributed by atoms with Crippen LogP contribution in [0.1, 0.15) is 22.8 Å². The number of hydrogen-bond donors (Lipinski definition) is 1. The van der Waals surface area contributed by atoms with Crippen molar-refractivity contribution >= 4 is 17.2 Å². The fraction of sp³-hybridized carbons (Fsp3) is 0.111. The Labute approximate surface area is 85.1 Å². The van der Waals surface area contributed by atoms with Gasteiger partial charge < -0.3 is 5.73 Å². The Morgan fingerprint density at radius 1 is 1.60 bits per heavy atom. The molecule has 0 amide bonds. The second-order valence-corrected chi connectivity index (χ2v) is 2.88. The normalized spacial score (nSPS) is 9.33. The van der Waals surface area contributed by atoms with Gasteiger partial charge in [0.25, 0.3) is 5.69 Å². The monoisotopic (exact) mass is 205 g/mol. The zero-order valence-electron chi connectivity index (χ0n) is 7.85. The van der Waals surface area contributed by atoms with Gasteiger partial charge in [-0.3, -0.25) is 14.9 Å². The number of Topliss-reactive ketones (excluding diaryl/α,β-unsaturated/α-hetero) is 1. The molecule has 15 heavy (non-hydrogen) atoms. The van der Waals surface area contributed by atoms with Gasteiger partial charge in [-0.1, -0.05) is 0 Å². The minimum atomic E-state index is -0.709. The molecule has 0 saturated heterocycles. The molecule has 6 nitrogen and oxygen atoms in total. The lowest BCUT2D eigenvalue weighted by Crippen LogP contribution is -2.03. The van der Waals surface area contributed by atoms with E-state index in [-0.39, 0.29) is 28.3 Å². The maximum absolute atomic E-state index is 11.1. The van der Waals surface area contributed by atoms with E-state index in [1.165, 1.54) is 6.92 Å². The van der Waals surface area contributed by atoms with Crippen LogP contribution in [0.5, 0.6) is 0 Å². The molecular formula is C9H7N3O3. The Morgan fingerprint density at radius 3 is 2.60 bits per heavy atom. The first-order valence-corrected chi connectivity index (χ1v) is 3.96. The number of hydrogen-bond acceptors (Lipinski definition) is 5. The molecule has 0 saturated carbocycles. The van der Waals surface area contributed by atoms with Gasteiger partial charge in [-0.25, -0.2) is 0 Å². The molecule has 1 aromatic carbocycles. The van der Waals surface area contributed by atoms with Gasteiger partial charge in [-0.05, 0) is 13.0 Å². The van der Waals surface area contributed by atoms with Crippen molar-refractivity contribution in [2.24, 2.45) is 0 Å². The lowest BCUT2D eigenvalue weighted by molar-refractivity contribution is -0.385. The maximum atomic E-state index is 11.1. The molecule has 2 N–H and O–H groups in total. The Balaban J connectivity index is 3.51. The van der Waals surface area contributed by atoms with Crippen molar-refractivity contribution in [3.63, 3.8) is 0 Å². The van der Waals surface area contributed by atoms with Crippen molar-refractivity contribution in [1.82, 2.24) is 0 Å². The van der Waals surface area contributed by atoms with Crippen LogP contribution in [0.2, 0.25) is 0 Å². The predicted octanol–water partition coefficient (Wildman–Crippen LogP) is 1.25. The molecule has 0 spiro atoms. The number of benzene rings is 1. The molecule has 0 unspecified atom stereocenters. The van der Waals surface area contributed by atoms with Crippen LogP contribution in [-0.4, -0.2) is 10.7 Å². The van der Waals surface area contributed by atoms with Crippen molar-refractivity contribution < 1.29 is 9.72 Å². The molecule has 1 rings (SSSR count). The van der Waals surface area contributed by atoms with Crippen LogP contribution in [0.3, 0.4) is 0 Å². The Hall–Kier alpha value is -2.42. The van der Waals surface area contributed by atoms with E-state index in [1.54, 1.807) is 6.07 Å². The quantitative estimate of drug-likeness (QED) is 0.338. The zero-order valence-corrected chi connectivity index (χ0v) is 7.85. The molecule has 0 aliphatic heterocycles. The number of carbonyl (C=O) groups is 1. The molecule has 0 aliphatic rings. The van der Waals surface area contributed by atoms with Crippen LogP contribution in [0.25, 0.3) is 0 Å². The molecule has 0 fully saturated rings. The first-order valence-electron chi connectivity index (χ1n) is 3.96. The van der Waals surface area contributed by atoms with Gasteiger partial charge in [0, 0.05) is 17.3 Å². The van der Waals surface area contributed by atoms with E-state index in [1.807, 2.05) is 0 Å². The highest BCUT2D eigenvalue weighted by molar-refractivity contribution is 6.00. The third-order valence-corrected chi connectivity index (χ3v) is 1.86. The summed E-state index contributed by atoms with van der Waals surface area (Å²) in [6.45, 7) is 1.28. The smallest absolute Gasteiger partial charge is 0.289 e. The summed E-state index contributed by atoms with van der Waals surface area (Å²) in [4.78, 5) is 20.9. The molecule has 76 valence electrons. The molecule has 0 radical (unpaired) electrons. The van der Waals surface area contributed by atoms with E-state index >= 15 is 0 Å². The number of nitriles is 1. The predicted molar refractivity (Wildman–Crippen MR) is 52.2 cm³/mol. The summed E-state index contributed by atoms with van der Waals surface area (Å²) in [6.07, 6.45) is 0. The highest BCUT2D eigenvalue weighted by atomic mass is 16.6. The first kappa shape index (κ1) is 10.7. The van der Waals surface area contributed by atoms with E-state index in [0.717, 1.165) is 12.1 Å². The Kier molecular flexibility index (Phi) is 2.67. The number of nitrogens with zero attached hydrogens (tertiary/aromatic N) is 2. The summed E-state index contributed by atoms with van der Waals surface area (Å²) in [5.41, 5.74) is 5.02. The number of nitrogens with two attached hydrogens (primary N) is 1. The van der Waals surface area contributed by atoms with Crippen molar-refractivity contribution in [3.8, 4) is 6.07 Å². The first-order chi connectivity index (χ1) is 6.97. The molecule has 0 aromatic heterocycles. The van der Waals surface area contributed by atoms with Crippen LogP contribution in [0.15, 0.2) is 12.1 Å². The van der Waals surface area contributed by atoms with E-state index in [2.05, 4.69) is 0 Å². The fourth-order valence-corrected chi connectivity index (χ4v) is 1.15. The van der Waals surface area contributed by atoms with Gasteiger partial charge in [0.1, 0.15) is 11.6 Å². The maximum Gasteiger partial charge on any atom is 0.289 e. The molecule has 1 aromatic rings. The van der Waals surface area contributed by atoms with Crippen molar-refractivity contribution in [1.29, 1.82) is 5.26 Å². The topological polar surface area (TPSA) is 110 Å². The Morgan fingerprint density at radius 2 is 2.20 bits per heavy atom. The number of carbonyl (C=O) groups excluding carboxylic acids is 1. The van der Waals surface area contributed by atoms with Crippen molar-refractivity contribution in [2.75, 3.05) is 5.73 Å². The molecule has 0 bridgehead atoms. The van der Waals surface area contributed by atoms with Gasteiger partial charge in [-0.2, -0.15) is 5.26 Å². The Bertz CT molecular complexity index is 488. The second-order valence-electron chi connectivity index (χ2n) is 2.88. The van der Waals surface area contributed by atoms with Crippen LogP contribution in [-0.2, 0) is 0 Å². The van der Waals surface area contributed by atoms with Gasteiger partial charge in [0.2, 0.25) is 0 Å². The lowest BCUT2D eigenvalue weighted by Gasteiger charge is -2.02. The van der Waals surface area contributed by atoms with Gasteiger partial charge in [-0.15, -0.1) is 0 Å². The third kappa shape index (κ3) is 1.91. The average molecular weight is 205 g/mol. The number of nitro benzene ring substituents is 1. The van der Waals surface area contributed by atoms with E-state index in [0.29, 0.717) is 0 Å². The number of anilines is 1. The summed E-state index contributed by atoms with van der Waals surface area (Å²) in [7, 11) is 0. The zero-order chi connectivity index (χ0) is 11.6. The molecule has 6 heteroatoms. The molecule has 0 atom stereocenters. The number of rotatable bonds is 2. The summed E-state index contributed by atoms with van der Waals surface area (Å²) < 4.78 is 0. The third-order valence-electron chi connectivity index (χ3n) is 1.86. The SMILES string of the molecule is CC(=O)c1cc(C#N)c([N+](=O)[O-])cc1N. The summed E-state index contributed by atoms with van der Waals surface area (Å²) in [5.74, 6) is -0.334. The second kappa shape index (κ2) is 3.75. The van der Waals surface area contributed by atoms with Crippen LogP contribution >= 0.6 is 0 Å². The minimum absolute atomic E-state index is 0.00759. The van der Waals surface area contributed by atoms with E-state index in [4.69, 9.17) is 11.0 Å². The number of nitro groups is 1. The number of nitrogen functional groups attached to an aromatic ring is 1. The molecular weight excluding hydrogens is 198 g/mol. The highest BCUT2D eigenvalue weighted by Gasteiger charge is 2.18. The number of ketones is 1. The van der Waals surface area contributed by atoms with Gasteiger partial charge in [0.05, 0.1) is 4.92 Å². The van der Waals surface area contributed by atoms with Gasteiger partial charge >= 0.3 is 0 Å². The summed E-state index contributed by atoms with van der Waals surface area (Å²) >= 11 is 0. The van der Waals surface area contributed by atoms with E-state index < -0.39 is 4.92 Å². The molecule has 0 aliphatic carbocycles. The lowest BCUT2D eigenvalue weighted by atomic mass is 10.0. The minimum Gasteiger partial charge on any atom is -0.398 e. The van der Waals surface area contributed by atoms with Crippen LogP contribution in [0, 0.1) is 21.4 Å². The largest absolute Gasteiger partial charge is 0.398 e. The van der Waals surface area contributed by atoms with Crippen molar-refractivity contribution in [2.45, 2.75) is 6.92 Å². The summed E-state index contributed by atoms with van der Waals surface area (Å²) in [6, 6.07) is 3.81. The van der Waals surface area contributed by atoms with Crippen molar-refractivity contribution in [3.05, 3.63) is 33.4 Å². The molecule has 0 heterocycles. The van der Waals surface area contributed by atoms with E-state index in [9.17, 15) is 14.9 Å². The van der Waals surface area contributed by atoms with Crippen LogP contribution in [0.4, 0.5) is 11.4 Å². The average Bonchev–Trinajstić information content (AvgIpc) is 2.16. The fourth-order valence-electron chi connectivity index (χ4n) is 1.15.